The number of nitrogens with zero attached hydrogens (tertiary/aromatic N) is 5. The van der Waals surface area contributed by atoms with E-state index >= 15 is 0 Å². The van der Waals surface area contributed by atoms with Gasteiger partial charge >= 0.3 is 0 Å². The van der Waals surface area contributed by atoms with Gasteiger partial charge in [-0.3, -0.25) is 14.2 Å². The first-order valence-corrected chi connectivity index (χ1v) is 15.8. The van der Waals surface area contributed by atoms with Crippen molar-refractivity contribution in [3.63, 3.8) is 0 Å². The van der Waals surface area contributed by atoms with Crippen LogP contribution in [0.3, 0.4) is 0 Å². The summed E-state index contributed by atoms with van der Waals surface area (Å²) in [5, 5.41) is 0.160. The smallest absolute Gasteiger partial charge is 0.298 e. The highest BCUT2D eigenvalue weighted by Gasteiger charge is 2.37. The number of ketones is 1. The van der Waals surface area contributed by atoms with Gasteiger partial charge in [0.1, 0.15) is 5.78 Å². The lowest BCUT2D eigenvalue weighted by Gasteiger charge is -2.38. The lowest BCUT2D eigenvalue weighted by atomic mass is 9.96. The molecule has 8 nitrogen and oxygen atoms in total. The van der Waals surface area contributed by atoms with Gasteiger partial charge in [-0.1, -0.05) is 20.8 Å². The second-order valence-electron chi connectivity index (χ2n) is 11.3. The van der Waals surface area contributed by atoms with Crippen molar-refractivity contribution in [2.24, 2.45) is 5.92 Å². The molecule has 1 fully saturated rings. The van der Waals surface area contributed by atoms with Gasteiger partial charge < -0.3 is 9.33 Å². The molecule has 3 aromatic rings. The van der Waals surface area contributed by atoms with Crippen LogP contribution in [0.15, 0.2) is 53.7 Å². The first-order valence-electron chi connectivity index (χ1n) is 12.9. The first kappa shape index (κ1) is 26.9. The van der Waals surface area contributed by atoms with Crippen LogP contribution in [0.5, 0.6) is 0 Å². The molecule has 1 aromatic carbocycles. The number of benzene rings is 1. The zero-order valence-electron chi connectivity index (χ0n) is 22.7. The summed E-state index contributed by atoms with van der Waals surface area (Å²) in [6.45, 7) is 14.5. The molecule has 0 spiro atoms. The van der Waals surface area contributed by atoms with Crippen LogP contribution in [-0.4, -0.2) is 53.3 Å². The Morgan fingerprint density at radius 2 is 1.76 bits per heavy atom. The average Bonchev–Trinajstić information content (AvgIpc) is 2.82. The number of hydrogen-bond acceptors (Lipinski definition) is 7. The highest BCUT2D eigenvalue weighted by Crippen LogP contribution is 2.36. The first-order chi connectivity index (χ1) is 17.5. The maximum Gasteiger partial charge on any atom is 0.298 e. The van der Waals surface area contributed by atoms with E-state index in [1.807, 2.05) is 35.4 Å². The number of aryl methyl sites for hydroxylation is 1. The van der Waals surface area contributed by atoms with Crippen LogP contribution >= 0.6 is 0 Å². The summed E-state index contributed by atoms with van der Waals surface area (Å²) in [6.07, 6.45) is 6.75. The number of Topliss-reactive ketones (excluding diaryl/α,β-unsaturated/α-hetero) is 1. The third kappa shape index (κ3) is 6.05. The average molecular weight is 520 g/mol. The summed E-state index contributed by atoms with van der Waals surface area (Å²) in [4.78, 5) is 40.5. The summed E-state index contributed by atoms with van der Waals surface area (Å²) < 4.78 is 8.00. The molecule has 0 radical (unpaired) electrons. The Labute approximate surface area is 219 Å². The molecular formula is C28H37N5O3Si. The van der Waals surface area contributed by atoms with E-state index in [4.69, 9.17) is 9.41 Å². The molecule has 9 heteroatoms. The standard InChI is InChI=1S/C28H37N5O3Si/c1-20(34)22-17-32(18-22)26-27(35)33(24-12-10-21(11-13-24)25-29-14-8-15-30-25)19-23(31-26)9-7-16-36-37(5,6)28(2,3)4/h8,10-15,19,22H,7,9,16-18H2,1-6H3. The molecule has 1 saturated heterocycles. The van der Waals surface area contributed by atoms with E-state index in [1.54, 1.807) is 30.0 Å². The fourth-order valence-corrected chi connectivity index (χ4v) is 5.06. The van der Waals surface area contributed by atoms with E-state index in [-0.39, 0.29) is 22.3 Å². The molecule has 0 aliphatic carbocycles. The summed E-state index contributed by atoms with van der Waals surface area (Å²) in [6, 6.07) is 9.41. The number of aromatic nitrogens is 4. The number of carbonyl (C=O) groups excluding carboxylic acids is 1. The van der Waals surface area contributed by atoms with Gasteiger partial charge in [-0.2, -0.15) is 0 Å². The molecule has 0 N–H and O–H groups in total. The van der Waals surface area contributed by atoms with Crippen molar-refractivity contribution in [2.75, 3.05) is 24.6 Å². The van der Waals surface area contributed by atoms with E-state index in [9.17, 15) is 9.59 Å². The van der Waals surface area contributed by atoms with Crippen LogP contribution in [-0.2, 0) is 15.6 Å². The van der Waals surface area contributed by atoms with Crippen LogP contribution < -0.4 is 10.5 Å². The molecule has 2 aromatic heterocycles. The SMILES string of the molecule is CC(=O)C1CN(c2nc(CCCO[Si](C)(C)C(C)(C)C)cn(-c3ccc(-c4ncccn4)cc3)c2=O)C1. The topological polar surface area (TPSA) is 90.2 Å². The maximum atomic E-state index is 13.5. The van der Waals surface area contributed by atoms with Crippen molar-refractivity contribution in [3.05, 3.63) is 65.0 Å². The molecule has 1 aliphatic heterocycles. The number of carbonyl (C=O) groups is 1. The molecule has 37 heavy (non-hydrogen) atoms. The van der Waals surface area contributed by atoms with Gasteiger partial charge in [-0.25, -0.2) is 15.0 Å². The van der Waals surface area contributed by atoms with Crippen LogP contribution in [0.2, 0.25) is 18.1 Å². The van der Waals surface area contributed by atoms with Crippen LogP contribution in [0.1, 0.15) is 39.8 Å². The normalized spacial score (nSPS) is 14.5. The highest BCUT2D eigenvalue weighted by atomic mass is 28.4. The summed E-state index contributed by atoms with van der Waals surface area (Å²) in [5.74, 6) is 1.14. The quantitative estimate of drug-likeness (QED) is 0.300. The Kier molecular flexibility index (Phi) is 7.75. The Morgan fingerprint density at radius 1 is 1.11 bits per heavy atom. The molecule has 4 rings (SSSR count). The van der Waals surface area contributed by atoms with Gasteiger partial charge in [-0.15, -0.1) is 0 Å². The highest BCUT2D eigenvalue weighted by molar-refractivity contribution is 6.74. The Hall–Kier alpha value is -3.17. The molecule has 0 unspecified atom stereocenters. The fourth-order valence-electron chi connectivity index (χ4n) is 3.97. The lowest BCUT2D eigenvalue weighted by molar-refractivity contribution is -0.121. The summed E-state index contributed by atoms with van der Waals surface area (Å²) >= 11 is 0. The van der Waals surface area contributed by atoms with Gasteiger partial charge in [0.25, 0.3) is 5.56 Å². The minimum absolute atomic E-state index is 0.0403. The second-order valence-corrected chi connectivity index (χ2v) is 16.1. The van der Waals surface area contributed by atoms with Crippen molar-refractivity contribution in [2.45, 2.75) is 58.7 Å². The van der Waals surface area contributed by atoms with Gasteiger partial charge in [0.15, 0.2) is 20.0 Å². The van der Waals surface area contributed by atoms with Crippen LogP contribution in [0.25, 0.3) is 17.1 Å². The molecule has 1 aliphatic rings. The summed E-state index contributed by atoms with van der Waals surface area (Å²) in [5.41, 5.74) is 2.26. The van der Waals surface area contributed by atoms with Crippen molar-refractivity contribution in [1.29, 1.82) is 0 Å². The molecule has 0 amide bonds. The van der Waals surface area contributed by atoms with Gasteiger partial charge in [0.05, 0.1) is 11.6 Å². The van der Waals surface area contributed by atoms with Gasteiger partial charge in [0, 0.05) is 49.5 Å². The number of hydrogen-bond donors (Lipinski definition) is 0. The maximum absolute atomic E-state index is 13.5. The Balaban J connectivity index is 1.58. The van der Waals surface area contributed by atoms with Crippen molar-refractivity contribution >= 4 is 19.9 Å². The number of anilines is 1. The fraction of sp³-hybridized carbons (Fsp3) is 0.464. The van der Waals surface area contributed by atoms with Gasteiger partial charge in [0.2, 0.25) is 0 Å². The monoisotopic (exact) mass is 519 g/mol. The molecule has 196 valence electrons. The molecular weight excluding hydrogens is 482 g/mol. The minimum atomic E-state index is -1.82. The predicted octanol–water partition coefficient (Wildman–Crippen LogP) is 4.67. The predicted molar refractivity (Wildman–Crippen MR) is 149 cm³/mol. The van der Waals surface area contributed by atoms with Crippen LogP contribution in [0, 0.1) is 5.92 Å². The third-order valence-electron chi connectivity index (χ3n) is 7.51. The zero-order chi connectivity index (χ0) is 26.8. The molecule has 0 bridgehead atoms. The van der Waals surface area contributed by atoms with Crippen molar-refractivity contribution < 1.29 is 9.22 Å². The van der Waals surface area contributed by atoms with E-state index in [2.05, 4.69) is 43.8 Å². The molecule has 0 atom stereocenters. The Bertz CT molecular complexity index is 1290. The number of rotatable bonds is 9. The van der Waals surface area contributed by atoms with E-state index in [0.29, 0.717) is 37.8 Å². The minimum Gasteiger partial charge on any atom is -0.417 e. The van der Waals surface area contributed by atoms with E-state index < -0.39 is 8.32 Å². The summed E-state index contributed by atoms with van der Waals surface area (Å²) in [7, 11) is -1.82. The molecule has 3 heterocycles. The lowest BCUT2D eigenvalue weighted by Crippen LogP contribution is -2.52. The van der Waals surface area contributed by atoms with E-state index in [0.717, 1.165) is 23.4 Å². The van der Waals surface area contributed by atoms with E-state index in [1.165, 1.54) is 0 Å². The Morgan fingerprint density at radius 3 is 2.35 bits per heavy atom. The second kappa shape index (κ2) is 10.7. The largest absolute Gasteiger partial charge is 0.417 e. The van der Waals surface area contributed by atoms with Gasteiger partial charge in [-0.05, 0) is 68.2 Å². The van der Waals surface area contributed by atoms with Crippen LogP contribution in [0.4, 0.5) is 5.82 Å². The molecule has 0 saturated carbocycles. The van der Waals surface area contributed by atoms with Crippen molar-refractivity contribution in [3.8, 4) is 17.1 Å². The van der Waals surface area contributed by atoms with Crippen molar-refractivity contribution in [1.82, 2.24) is 19.5 Å². The zero-order valence-corrected chi connectivity index (χ0v) is 23.7. The third-order valence-corrected chi connectivity index (χ3v) is 12.0.